The highest BCUT2D eigenvalue weighted by molar-refractivity contribution is 6.01. The average Bonchev–Trinajstić information content (AvgIpc) is 2.85. The average molecular weight is 276 g/mol. The SMILES string of the molecule is CCN1CCCC1CN(C)c1c(N)cccc1C(N)=O. The quantitative estimate of drug-likeness (QED) is 0.795. The van der Waals surface area contributed by atoms with E-state index in [9.17, 15) is 4.79 Å². The van der Waals surface area contributed by atoms with Gasteiger partial charge in [-0.15, -0.1) is 0 Å². The third kappa shape index (κ3) is 2.88. The lowest BCUT2D eigenvalue weighted by Gasteiger charge is -2.30. The Morgan fingerprint density at radius 1 is 1.50 bits per heavy atom. The minimum absolute atomic E-state index is 0.432. The van der Waals surface area contributed by atoms with Crippen molar-refractivity contribution in [2.45, 2.75) is 25.8 Å². The Labute approximate surface area is 120 Å². The summed E-state index contributed by atoms with van der Waals surface area (Å²) in [7, 11) is 1.98. The molecule has 1 atom stereocenters. The maximum atomic E-state index is 11.6. The summed E-state index contributed by atoms with van der Waals surface area (Å²) in [6.45, 7) is 5.26. The smallest absolute Gasteiger partial charge is 0.250 e. The summed E-state index contributed by atoms with van der Waals surface area (Å²) < 4.78 is 0. The van der Waals surface area contributed by atoms with Crippen LogP contribution in [0.5, 0.6) is 0 Å². The molecule has 1 aromatic rings. The first-order valence-corrected chi connectivity index (χ1v) is 7.18. The molecule has 5 nitrogen and oxygen atoms in total. The standard InChI is InChI=1S/C15H24N4O/c1-3-19-9-5-6-11(19)10-18(2)14-12(15(17)20)7-4-8-13(14)16/h4,7-8,11H,3,5-6,9-10,16H2,1-2H3,(H2,17,20). The first kappa shape index (κ1) is 14.7. The van der Waals surface area contributed by atoms with Gasteiger partial charge in [-0.25, -0.2) is 0 Å². The molecule has 1 saturated heterocycles. The van der Waals surface area contributed by atoms with Crippen molar-refractivity contribution in [2.24, 2.45) is 5.73 Å². The lowest BCUT2D eigenvalue weighted by atomic mass is 10.1. The molecular formula is C15H24N4O. The number of hydrogen-bond donors (Lipinski definition) is 2. The molecule has 0 aliphatic carbocycles. The number of carbonyl (C=O) groups is 1. The summed E-state index contributed by atoms with van der Waals surface area (Å²) in [6, 6.07) is 5.83. The van der Waals surface area contributed by atoms with Gasteiger partial charge in [-0.2, -0.15) is 0 Å². The van der Waals surface area contributed by atoms with Crippen molar-refractivity contribution in [2.75, 3.05) is 37.3 Å². The van der Waals surface area contributed by atoms with Gasteiger partial charge in [0.15, 0.2) is 0 Å². The number of nitrogen functional groups attached to an aromatic ring is 1. The number of nitrogens with zero attached hydrogens (tertiary/aromatic N) is 2. The van der Waals surface area contributed by atoms with E-state index in [0.29, 0.717) is 17.3 Å². The van der Waals surface area contributed by atoms with Crippen molar-refractivity contribution >= 4 is 17.3 Å². The normalized spacial score (nSPS) is 19.2. The number of anilines is 2. The van der Waals surface area contributed by atoms with Gasteiger partial charge in [-0.3, -0.25) is 9.69 Å². The van der Waals surface area contributed by atoms with Gasteiger partial charge in [0.2, 0.25) is 0 Å². The van der Waals surface area contributed by atoms with Crippen LogP contribution in [0.3, 0.4) is 0 Å². The van der Waals surface area contributed by atoms with E-state index in [1.54, 1.807) is 12.1 Å². The third-order valence-electron chi connectivity index (χ3n) is 4.10. The summed E-state index contributed by atoms with van der Waals surface area (Å²) in [5.41, 5.74) is 13.3. The van der Waals surface area contributed by atoms with Crippen LogP contribution in [0.25, 0.3) is 0 Å². The molecule has 0 radical (unpaired) electrons. The number of primary amides is 1. The number of amides is 1. The van der Waals surface area contributed by atoms with Gasteiger partial charge in [-0.1, -0.05) is 13.0 Å². The minimum Gasteiger partial charge on any atom is -0.397 e. The topological polar surface area (TPSA) is 75.6 Å². The van der Waals surface area contributed by atoms with E-state index in [2.05, 4.69) is 16.7 Å². The molecule has 1 aliphatic rings. The van der Waals surface area contributed by atoms with Crippen molar-refractivity contribution in [3.63, 3.8) is 0 Å². The fraction of sp³-hybridized carbons (Fsp3) is 0.533. The van der Waals surface area contributed by atoms with Crippen molar-refractivity contribution in [1.29, 1.82) is 0 Å². The second kappa shape index (κ2) is 6.13. The highest BCUT2D eigenvalue weighted by Gasteiger charge is 2.25. The van der Waals surface area contributed by atoms with Crippen molar-refractivity contribution in [3.05, 3.63) is 23.8 Å². The Hall–Kier alpha value is -1.75. The largest absolute Gasteiger partial charge is 0.397 e. The lowest BCUT2D eigenvalue weighted by molar-refractivity contribution is 0.100. The molecule has 0 spiro atoms. The van der Waals surface area contributed by atoms with Crippen LogP contribution in [-0.2, 0) is 0 Å². The zero-order valence-electron chi connectivity index (χ0n) is 12.3. The maximum Gasteiger partial charge on any atom is 0.250 e. The first-order chi connectivity index (χ1) is 9.54. The van der Waals surface area contributed by atoms with Crippen LogP contribution >= 0.6 is 0 Å². The highest BCUT2D eigenvalue weighted by Crippen LogP contribution is 2.28. The molecule has 1 aliphatic heterocycles. The van der Waals surface area contributed by atoms with Crippen LogP contribution in [0, 0.1) is 0 Å². The van der Waals surface area contributed by atoms with Crippen molar-refractivity contribution < 1.29 is 4.79 Å². The Morgan fingerprint density at radius 3 is 2.90 bits per heavy atom. The van der Waals surface area contributed by atoms with Crippen LogP contribution < -0.4 is 16.4 Å². The maximum absolute atomic E-state index is 11.6. The molecule has 1 amide bonds. The van der Waals surface area contributed by atoms with Crippen LogP contribution in [0.15, 0.2) is 18.2 Å². The first-order valence-electron chi connectivity index (χ1n) is 7.18. The van der Waals surface area contributed by atoms with Gasteiger partial charge >= 0.3 is 0 Å². The molecule has 1 aromatic carbocycles. The zero-order valence-corrected chi connectivity index (χ0v) is 12.3. The molecular weight excluding hydrogens is 252 g/mol. The van der Waals surface area contributed by atoms with E-state index < -0.39 is 5.91 Å². The van der Waals surface area contributed by atoms with Gasteiger partial charge in [0.25, 0.3) is 5.91 Å². The van der Waals surface area contributed by atoms with E-state index in [0.717, 1.165) is 25.3 Å². The molecule has 5 heteroatoms. The number of benzene rings is 1. The molecule has 4 N–H and O–H groups in total. The lowest BCUT2D eigenvalue weighted by Crippen LogP contribution is -2.39. The molecule has 1 fully saturated rings. The molecule has 1 unspecified atom stereocenters. The van der Waals surface area contributed by atoms with Gasteiger partial charge in [0.1, 0.15) is 0 Å². The second-order valence-corrected chi connectivity index (χ2v) is 5.41. The van der Waals surface area contributed by atoms with E-state index in [1.165, 1.54) is 12.8 Å². The highest BCUT2D eigenvalue weighted by atomic mass is 16.1. The van der Waals surface area contributed by atoms with E-state index >= 15 is 0 Å². The minimum atomic E-state index is -0.432. The number of nitrogens with two attached hydrogens (primary N) is 2. The van der Waals surface area contributed by atoms with Crippen LogP contribution in [0.2, 0.25) is 0 Å². The molecule has 2 rings (SSSR count). The van der Waals surface area contributed by atoms with Gasteiger partial charge in [0, 0.05) is 19.6 Å². The monoisotopic (exact) mass is 276 g/mol. The second-order valence-electron chi connectivity index (χ2n) is 5.41. The summed E-state index contributed by atoms with van der Waals surface area (Å²) in [4.78, 5) is 16.1. The Balaban J connectivity index is 2.20. The van der Waals surface area contributed by atoms with Crippen molar-refractivity contribution in [1.82, 2.24) is 4.90 Å². The van der Waals surface area contributed by atoms with Crippen molar-refractivity contribution in [3.8, 4) is 0 Å². The predicted molar refractivity (Wildman–Crippen MR) is 82.9 cm³/mol. The molecule has 0 saturated carbocycles. The Kier molecular flexibility index (Phi) is 4.49. The third-order valence-corrected chi connectivity index (χ3v) is 4.10. The number of rotatable bonds is 5. The molecule has 0 aromatic heterocycles. The van der Waals surface area contributed by atoms with Crippen LogP contribution in [-0.4, -0.2) is 43.5 Å². The molecule has 20 heavy (non-hydrogen) atoms. The summed E-state index contributed by atoms with van der Waals surface area (Å²) in [6.07, 6.45) is 2.43. The number of likely N-dealkylation sites (N-methyl/N-ethyl adjacent to an activating group) is 2. The number of para-hydroxylation sites is 1. The Bertz CT molecular complexity index is 489. The van der Waals surface area contributed by atoms with Gasteiger partial charge in [0.05, 0.1) is 16.9 Å². The summed E-state index contributed by atoms with van der Waals surface area (Å²) in [5, 5.41) is 0. The number of likely N-dealkylation sites (tertiary alicyclic amines) is 1. The number of carbonyl (C=O) groups excluding carboxylic acids is 1. The van der Waals surface area contributed by atoms with Crippen LogP contribution in [0.4, 0.5) is 11.4 Å². The molecule has 1 heterocycles. The van der Waals surface area contributed by atoms with E-state index in [1.807, 2.05) is 13.1 Å². The van der Waals surface area contributed by atoms with E-state index in [-0.39, 0.29) is 0 Å². The van der Waals surface area contributed by atoms with Crippen LogP contribution in [0.1, 0.15) is 30.1 Å². The predicted octanol–water partition coefficient (Wildman–Crippen LogP) is 1.29. The molecule has 0 bridgehead atoms. The van der Waals surface area contributed by atoms with Gasteiger partial charge in [-0.05, 0) is 38.1 Å². The zero-order chi connectivity index (χ0) is 14.7. The van der Waals surface area contributed by atoms with Gasteiger partial charge < -0.3 is 16.4 Å². The summed E-state index contributed by atoms with van der Waals surface area (Å²) in [5.74, 6) is -0.432. The summed E-state index contributed by atoms with van der Waals surface area (Å²) >= 11 is 0. The fourth-order valence-corrected chi connectivity index (χ4v) is 3.11. The molecule has 110 valence electrons. The fourth-order valence-electron chi connectivity index (χ4n) is 3.11. The Morgan fingerprint density at radius 2 is 2.25 bits per heavy atom. The number of hydrogen-bond acceptors (Lipinski definition) is 4. The van der Waals surface area contributed by atoms with E-state index in [4.69, 9.17) is 11.5 Å².